The molecule has 0 saturated heterocycles. The average Bonchev–Trinajstić information content (AvgIpc) is 2.69. The van der Waals surface area contributed by atoms with E-state index < -0.39 is 0 Å². The number of hydrogen-bond donors (Lipinski definition) is 1. The van der Waals surface area contributed by atoms with Crippen LogP contribution in [0.25, 0.3) is 0 Å². The second-order valence-electron chi connectivity index (χ2n) is 6.37. The minimum atomic E-state index is 0.347. The molecule has 0 radical (unpaired) electrons. The maximum atomic E-state index is 4.24. The molecule has 1 aromatic rings. The molecule has 0 aliphatic rings. The Balaban J connectivity index is 2.56. The van der Waals surface area contributed by atoms with Crippen LogP contribution < -0.4 is 5.32 Å². The van der Waals surface area contributed by atoms with Gasteiger partial charge >= 0.3 is 0 Å². The van der Waals surface area contributed by atoms with Gasteiger partial charge in [0.1, 0.15) is 0 Å². The topological polar surface area (TPSA) is 29.9 Å². The molecule has 0 bridgehead atoms. The van der Waals surface area contributed by atoms with E-state index in [0.717, 1.165) is 13.0 Å². The zero-order valence-corrected chi connectivity index (χ0v) is 12.8. The predicted molar refractivity (Wildman–Crippen MR) is 77.6 cm³/mol. The summed E-state index contributed by atoms with van der Waals surface area (Å²) in [5, 5.41) is 7.83. The maximum Gasteiger partial charge on any atom is 0.0521 e. The summed E-state index contributed by atoms with van der Waals surface area (Å²) in [5.74, 6) is 0.681. The van der Waals surface area contributed by atoms with Gasteiger partial charge in [0, 0.05) is 25.8 Å². The summed E-state index contributed by atoms with van der Waals surface area (Å²) in [5.41, 5.74) is 1.69. The van der Waals surface area contributed by atoms with E-state index in [1.54, 1.807) is 0 Å². The highest BCUT2D eigenvalue weighted by Crippen LogP contribution is 2.31. The average molecular weight is 251 g/mol. The van der Waals surface area contributed by atoms with Gasteiger partial charge in [0.25, 0.3) is 0 Å². The molecule has 0 spiro atoms. The Morgan fingerprint density at radius 1 is 1.33 bits per heavy atom. The number of aromatic nitrogens is 2. The van der Waals surface area contributed by atoms with Gasteiger partial charge in [0.2, 0.25) is 0 Å². The summed E-state index contributed by atoms with van der Waals surface area (Å²) in [4.78, 5) is 0. The number of hydrogen-bond acceptors (Lipinski definition) is 2. The summed E-state index contributed by atoms with van der Waals surface area (Å²) >= 11 is 0. The Hall–Kier alpha value is -0.830. The standard InChI is InChI=1S/C15H29N3/c1-12(2)15(5,11-16-13(3)4)8-7-14-9-17-18(6)10-14/h9-10,12-13,16H,7-8,11H2,1-6H3. The lowest BCUT2D eigenvalue weighted by Gasteiger charge is -2.35. The van der Waals surface area contributed by atoms with Gasteiger partial charge in [-0.15, -0.1) is 0 Å². The third-order valence-corrected chi connectivity index (χ3v) is 4.05. The molecule has 1 rings (SSSR count). The molecule has 1 atom stereocenters. The molecule has 18 heavy (non-hydrogen) atoms. The van der Waals surface area contributed by atoms with Gasteiger partial charge in [-0.2, -0.15) is 5.10 Å². The zero-order valence-electron chi connectivity index (χ0n) is 12.8. The van der Waals surface area contributed by atoms with Crippen LogP contribution in [0, 0.1) is 11.3 Å². The number of nitrogens with one attached hydrogen (secondary N) is 1. The fourth-order valence-corrected chi connectivity index (χ4v) is 2.05. The fraction of sp³-hybridized carbons (Fsp3) is 0.800. The molecule has 0 aliphatic heterocycles. The number of nitrogens with zero attached hydrogens (tertiary/aromatic N) is 2. The van der Waals surface area contributed by atoms with Gasteiger partial charge in [-0.1, -0.05) is 34.6 Å². The molecular formula is C15H29N3. The van der Waals surface area contributed by atoms with Crippen LogP contribution in [0.15, 0.2) is 12.4 Å². The number of aryl methyl sites for hydroxylation is 2. The van der Waals surface area contributed by atoms with E-state index in [-0.39, 0.29) is 0 Å². The molecule has 1 aromatic heterocycles. The first-order chi connectivity index (χ1) is 8.33. The van der Waals surface area contributed by atoms with Gasteiger partial charge in [0.05, 0.1) is 6.20 Å². The largest absolute Gasteiger partial charge is 0.314 e. The van der Waals surface area contributed by atoms with Crippen molar-refractivity contribution < 1.29 is 0 Å². The van der Waals surface area contributed by atoms with Crippen LogP contribution in [0.1, 0.15) is 46.6 Å². The normalized spacial score (nSPS) is 15.3. The van der Waals surface area contributed by atoms with Crippen LogP contribution in [-0.2, 0) is 13.5 Å². The second-order valence-corrected chi connectivity index (χ2v) is 6.37. The van der Waals surface area contributed by atoms with Gasteiger partial charge in [-0.3, -0.25) is 4.68 Å². The molecule has 1 heterocycles. The van der Waals surface area contributed by atoms with Crippen LogP contribution >= 0.6 is 0 Å². The zero-order chi connectivity index (χ0) is 13.8. The Morgan fingerprint density at radius 3 is 2.44 bits per heavy atom. The highest BCUT2D eigenvalue weighted by molar-refractivity contribution is 5.04. The van der Waals surface area contributed by atoms with Crippen LogP contribution in [-0.4, -0.2) is 22.4 Å². The molecule has 0 aliphatic carbocycles. The Bertz CT molecular complexity index is 354. The van der Waals surface area contributed by atoms with Crippen LogP contribution in [0.3, 0.4) is 0 Å². The van der Waals surface area contributed by atoms with Crippen molar-refractivity contribution >= 4 is 0 Å². The third-order valence-electron chi connectivity index (χ3n) is 4.05. The molecule has 3 nitrogen and oxygen atoms in total. The van der Waals surface area contributed by atoms with Crippen molar-refractivity contribution in [3.05, 3.63) is 18.0 Å². The summed E-state index contributed by atoms with van der Waals surface area (Å²) in [6, 6.07) is 0.557. The van der Waals surface area contributed by atoms with Gasteiger partial charge in [-0.05, 0) is 29.7 Å². The van der Waals surface area contributed by atoms with Crippen LogP contribution in [0.2, 0.25) is 0 Å². The summed E-state index contributed by atoms with van der Waals surface area (Å²) in [7, 11) is 1.98. The molecule has 0 aromatic carbocycles. The Labute approximate surface area is 112 Å². The van der Waals surface area contributed by atoms with Gasteiger partial charge in [-0.25, -0.2) is 0 Å². The quantitative estimate of drug-likeness (QED) is 0.807. The Kier molecular flexibility index (Phi) is 5.39. The van der Waals surface area contributed by atoms with E-state index in [2.05, 4.69) is 51.2 Å². The molecule has 104 valence electrons. The molecule has 1 unspecified atom stereocenters. The van der Waals surface area contributed by atoms with Crippen molar-refractivity contribution in [1.29, 1.82) is 0 Å². The smallest absolute Gasteiger partial charge is 0.0521 e. The molecule has 3 heteroatoms. The number of rotatable bonds is 7. The first kappa shape index (κ1) is 15.2. The van der Waals surface area contributed by atoms with Crippen molar-refractivity contribution in [3.8, 4) is 0 Å². The van der Waals surface area contributed by atoms with Crippen LogP contribution in [0.4, 0.5) is 0 Å². The molecule has 0 amide bonds. The summed E-state index contributed by atoms with van der Waals surface area (Å²) in [6.45, 7) is 12.5. The van der Waals surface area contributed by atoms with Crippen molar-refractivity contribution in [2.75, 3.05) is 6.54 Å². The molecular weight excluding hydrogens is 222 g/mol. The van der Waals surface area contributed by atoms with E-state index in [0.29, 0.717) is 17.4 Å². The second kappa shape index (κ2) is 6.37. The molecule has 0 fully saturated rings. The molecule has 0 saturated carbocycles. The van der Waals surface area contributed by atoms with Crippen molar-refractivity contribution in [3.63, 3.8) is 0 Å². The van der Waals surface area contributed by atoms with E-state index in [1.807, 2.05) is 17.9 Å². The monoisotopic (exact) mass is 251 g/mol. The first-order valence-electron chi connectivity index (χ1n) is 7.04. The van der Waals surface area contributed by atoms with E-state index in [9.17, 15) is 0 Å². The predicted octanol–water partition coefficient (Wildman–Crippen LogP) is 3.01. The van der Waals surface area contributed by atoms with Gasteiger partial charge in [0.15, 0.2) is 0 Å². The van der Waals surface area contributed by atoms with Crippen molar-refractivity contribution in [2.45, 2.75) is 53.5 Å². The lowest BCUT2D eigenvalue weighted by molar-refractivity contribution is 0.187. The van der Waals surface area contributed by atoms with Crippen molar-refractivity contribution in [2.24, 2.45) is 18.4 Å². The highest BCUT2D eigenvalue weighted by Gasteiger charge is 2.28. The van der Waals surface area contributed by atoms with Crippen LogP contribution in [0.5, 0.6) is 0 Å². The molecule has 1 N–H and O–H groups in total. The highest BCUT2D eigenvalue weighted by atomic mass is 15.2. The minimum Gasteiger partial charge on any atom is -0.314 e. The van der Waals surface area contributed by atoms with Gasteiger partial charge < -0.3 is 5.32 Å². The SMILES string of the molecule is CC(C)NCC(C)(CCc1cnn(C)c1)C(C)C. The summed E-state index contributed by atoms with van der Waals surface area (Å²) in [6.07, 6.45) is 6.42. The van der Waals surface area contributed by atoms with E-state index in [1.165, 1.54) is 12.0 Å². The lowest BCUT2D eigenvalue weighted by Crippen LogP contribution is -2.39. The Morgan fingerprint density at radius 2 is 2.00 bits per heavy atom. The van der Waals surface area contributed by atoms with E-state index >= 15 is 0 Å². The summed E-state index contributed by atoms with van der Waals surface area (Å²) < 4.78 is 1.88. The minimum absolute atomic E-state index is 0.347. The third kappa shape index (κ3) is 4.45. The van der Waals surface area contributed by atoms with E-state index in [4.69, 9.17) is 0 Å². The maximum absolute atomic E-state index is 4.24. The first-order valence-corrected chi connectivity index (χ1v) is 7.04. The fourth-order valence-electron chi connectivity index (χ4n) is 2.05. The lowest BCUT2D eigenvalue weighted by atomic mass is 9.74. The van der Waals surface area contributed by atoms with Crippen molar-refractivity contribution in [1.82, 2.24) is 15.1 Å².